The number of nitrogens with zero attached hydrogens (tertiary/aromatic N) is 1. The Morgan fingerprint density at radius 3 is 2.71 bits per heavy atom. The highest BCUT2D eigenvalue weighted by atomic mass is 19.1. The van der Waals surface area contributed by atoms with E-state index in [2.05, 4.69) is 11.8 Å². The van der Waals surface area contributed by atoms with Crippen molar-refractivity contribution in [3.05, 3.63) is 29.6 Å². The maximum absolute atomic E-state index is 13.2. The predicted molar refractivity (Wildman–Crippen MR) is 67.6 cm³/mol. The Bertz CT molecular complexity index is 388. The molecule has 3 heteroatoms. The molecular weight excluding hydrogens is 217 g/mol. The third-order valence-corrected chi connectivity index (χ3v) is 3.34. The van der Waals surface area contributed by atoms with Crippen LogP contribution in [0.3, 0.4) is 0 Å². The molecule has 0 spiro atoms. The van der Waals surface area contributed by atoms with Gasteiger partial charge >= 0.3 is 0 Å². The van der Waals surface area contributed by atoms with E-state index in [0.717, 1.165) is 24.7 Å². The maximum Gasteiger partial charge on any atom is 0.123 e. The van der Waals surface area contributed by atoms with Crippen molar-refractivity contribution in [2.45, 2.75) is 32.8 Å². The molecule has 1 fully saturated rings. The van der Waals surface area contributed by atoms with Gasteiger partial charge in [-0.1, -0.05) is 0 Å². The van der Waals surface area contributed by atoms with Gasteiger partial charge in [0.1, 0.15) is 5.82 Å². The molecule has 0 aliphatic heterocycles. The number of anilines is 1. The van der Waals surface area contributed by atoms with Crippen molar-refractivity contribution in [2.75, 3.05) is 18.0 Å². The molecule has 0 aromatic heterocycles. The van der Waals surface area contributed by atoms with Crippen molar-refractivity contribution in [2.24, 2.45) is 5.92 Å². The highest BCUT2D eigenvalue weighted by Crippen LogP contribution is 2.34. The first kappa shape index (κ1) is 12.4. The lowest BCUT2D eigenvalue weighted by Gasteiger charge is -2.26. The van der Waals surface area contributed by atoms with Crippen molar-refractivity contribution in [3.63, 3.8) is 0 Å². The molecule has 17 heavy (non-hydrogen) atoms. The standard InChI is InChI=1S/C14H20FNO/c1-3-16(9-11-4-5-11)14-7-6-12(15)8-13(14)10(2)17/h6-8,10-11,17H,3-5,9H2,1-2H3/t10-/m0/s1. The Morgan fingerprint density at radius 1 is 1.47 bits per heavy atom. The molecule has 1 aromatic rings. The summed E-state index contributed by atoms with van der Waals surface area (Å²) >= 11 is 0. The smallest absolute Gasteiger partial charge is 0.123 e. The second-order valence-electron chi connectivity index (χ2n) is 4.86. The Hall–Kier alpha value is -1.09. The van der Waals surface area contributed by atoms with Crippen LogP contribution in [0.25, 0.3) is 0 Å². The number of aliphatic hydroxyl groups is 1. The molecule has 0 bridgehead atoms. The van der Waals surface area contributed by atoms with Gasteiger partial charge in [0.05, 0.1) is 6.10 Å². The second kappa shape index (κ2) is 5.05. The topological polar surface area (TPSA) is 23.5 Å². The monoisotopic (exact) mass is 237 g/mol. The first-order chi connectivity index (χ1) is 8.11. The van der Waals surface area contributed by atoms with Gasteiger partial charge < -0.3 is 10.0 Å². The molecule has 0 heterocycles. The molecule has 94 valence electrons. The van der Waals surface area contributed by atoms with Gasteiger partial charge in [-0.3, -0.25) is 0 Å². The van der Waals surface area contributed by atoms with Gasteiger partial charge in [-0.2, -0.15) is 0 Å². The van der Waals surface area contributed by atoms with Crippen molar-refractivity contribution in [1.29, 1.82) is 0 Å². The largest absolute Gasteiger partial charge is 0.389 e. The van der Waals surface area contributed by atoms with Gasteiger partial charge in [-0.05, 0) is 50.8 Å². The van der Waals surface area contributed by atoms with E-state index in [1.54, 1.807) is 13.0 Å². The van der Waals surface area contributed by atoms with Crippen LogP contribution in [0.2, 0.25) is 0 Å². The quantitative estimate of drug-likeness (QED) is 0.850. The van der Waals surface area contributed by atoms with Crippen LogP contribution in [0.1, 0.15) is 38.4 Å². The van der Waals surface area contributed by atoms with Crippen molar-refractivity contribution < 1.29 is 9.50 Å². The second-order valence-corrected chi connectivity index (χ2v) is 4.86. The zero-order chi connectivity index (χ0) is 12.4. The molecule has 1 saturated carbocycles. The van der Waals surface area contributed by atoms with E-state index in [4.69, 9.17) is 0 Å². The van der Waals surface area contributed by atoms with E-state index >= 15 is 0 Å². The molecule has 0 unspecified atom stereocenters. The summed E-state index contributed by atoms with van der Waals surface area (Å²) in [6.07, 6.45) is 1.96. The molecule has 1 N–H and O–H groups in total. The average molecular weight is 237 g/mol. The molecule has 1 aliphatic rings. The maximum atomic E-state index is 13.2. The number of rotatable bonds is 5. The molecule has 0 saturated heterocycles. The van der Waals surface area contributed by atoms with Crippen molar-refractivity contribution >= 4 is 5.69 Å². The fraction of sp³-hybridized carbons (Fsp3) is 0.571. The zero-order valence-electron chi connectivity index (χ0n) is 10.5. The lowest BCUT2D eigenvalue weighted by molar-refractivity contribution is 0.199. The van der Waals surface area contributed by atoms with Gasteiger partial charge in [0, 0.05) is 24.3 Å². The predicted octanol–water partition coefficient (Wildman–Crippen LogP) is 3.12. The van der Waals surface area contributed by atoms with Gasteiger partial charge in [0.25, 0.3) is 0 Å². The van der Waals surface area contributed by atoms with Crippen LogP contribution in [-0.2, 0) is 0 Å². The van der Waals surface area contributed by atoms with E-state index in [1.165, 1.54) is 25.0 Å². The summed E-state index contributed by atoms with van der Waals surface area (Å²) in [6.45, 7) is 5.69. The molecule has 2 rings (SSSR count). The van der Waals surface area contributed by atoms with E-state index in [0.29, 0.717) is 5.56 Å². The lowest BCUT2D eigenvalue weighted by Crippen LogP contribution is -2.26. The van der Waals surface area contributed by atoms with Gasteiger partial charge in [0.2, 0.25) is 0 Å². The highest BCUT2D eigenvalue weighted by molar-refractivity contribution is 5.54. The zero-order valence-corrected chi connectivity index (χ0v) is 10.5. The van der Waals surface area contributed by atoms with Crippen molar-refractivity contribution in [3.8, 4) is 0 Å². The van der Waals surface area contributed by atoms with Crippen LogP contribution < -0.4 is 4.90 Å². The first-order valence-corrected chi connectivity index (χ1v) is 6.34. The van der Waals surface area contributed by atoms with Gasteiger partial charge in [0.15, 0.2) is 0 Å². The minimum absolute atomic E-state index is 0.285. The first-order valence-electron chi connectivity index (χ1n) is 6.34. The van der Waals surface area contributed by atoms with E-state index in [-0.39, 0.29) is 5.82 Å². The summed E-state index contributed by atoms with van der Waals surface area (Å²) in [5.41, 5.74) is 1.66. The minimum Gasteiger partial charge on any atom is -0.389 e. The molecule has 1 aliphatic carbocycles. The number of halogens is 1. The van der Waals surface area contributed by atoms with Gasteiger partial charge in [-0.25, -0.2) is 4.39 Å². The number of aliphatic hydroxyl groups excluding tert-OH is 1. The van der Waals surface area contributed by atoms with E-state index in [9.17, 15) is 9.50 Å². The van der Waals surface area contributed by atoms with Crippen LogP contribution in [-0.4, -0.2) is 18.2 Å². The third kappa shape index (κ3) is 2.97. The summed E-state index contributed by atoms with van der Waals surface area (Å²) in [5, 5.41) is 9.73. The summed E-state index contributed by atoms with van der Waals surface area (Å²) in [5.74, 6) is 0.494. The van der Waals surface area contributed by atoms with E-state index < -0.39 is 6.10 Å². The van der Waals surface area contributed by atoms with Crippen LogP contribution in [0, 0.1) is 11.7 Å². The number of hydrogen-bond acceptors (Lipinski definition) is 2. The minimum atomic E-state index is -0.631. The Kier molecular flexibility index (Phi) is 3.67. The molecule has 0 amide bonds. The summed E-state index contributed by atoms with van der Waals surface area (Å²) in [7, 11) is 0. The van der Waals surface area contributed by atoms with Gasteiger partial charge in [-0.15, -0.1) is 0 Å². The summed E-state index contributed by atoms with van der Waals surface area (Å²) in [4.78, 5) is 2.24. The summed E-state index contributed by atoms with van der Waals surface area (Å²) in [6, 6.07) is 4.69. The average Bonchev–Trinajstić information content (AvgIpc) is 3.10. The lowest BCUT2D eigenvalue weighted by atomic mass is 10.1. The fourth-order valence-corrected chi connectivity index (χ4v) is 2.16. The Morgan fingerprint density at radius 2 is 2.18 bits per heavy atom. The summed E-state index contributed by atoms with van der Waals surface area (Å²) < 4.78 is 13.2. The highest BCUT2D eigenvalue weighted by Gasteiger charge is 2.25. The number of hydrogen-bond donors (Lipinski definition) is 1. The molecule has 0 radical (unpaired) electrons. The van der Waals surface area contributed by atoms with E-state index in [1.807, 2.05) is 0 Å². The Labute approximate surface area is 102 Å². The van der Waals surface area contributed by atoms with Crippen LogP contribution in [0.4, 0.5) is 10.1 Å². The molecule has 1 aromatic carbocycles. The van der Waals surface area contributed by atoms with Crippen LogP contribution >= 0.6 is 0 Å². The molecule has 2 nitrogen and oxygen atoms in total. The van der Waals surface area contributed by atoms with Crippen LogP contribution in [0.15, 0.2) is 18.2 Å². The molecule has 1 atom stereocenters. The fourth-order valence-electron chi connectivity index (χ4n) is 2.16. The Balaban J connectivity index is 2.27. The van der Waals surface area contributed by atoms with Crippen molar-refractivity contribution in [1.82, 2.24) is 0 Å². The molecular formula is C14H20FNO. The third-order valence-electron chi connectivity index (χ3n) is 3.34. The number of benzene rings is 1. The SMILES string of the molecule is CCN(CC1CC1)c1ccc(F)cc1[C@H](C)O. The van der Waals surface area contributed by atoms with Crippen LogP contribution in [0.5, 0.6) is 0 Å². The normalized spacial score (nSPS) is 16.9.